The molecule has 3 rings (SSSR count). The molecule has 1 saturated heterocycles. The molecule has 0 radical (unpaired) electrons. The summed E-state index contributed by atoms with van der Waals surface area (Å²) in [6.45, 7) is 6.01. The van der Waals surface area contributed by atoms with Crippen LogP contribution in [0.25, 0.3) is 0 Å². The zero-order valence-electron chi connectivity index (χ0n) is 16.9. The molecule has 0 aliphatic carbocycles. The van der Waals surface area contributed by atoms with Crippen LogP contribution in [-0.2, 0) is 14.3 Å². The Labute approximate surface area is 173 Å². The minimum Gasteiger partial charge on any atom is -0.497 e. The van der Waals surface area contributed by atoms with Gasteiger partial charge >= 0.3 is 5.97 Å². The molecule has 0 bridgehead atoms. The summed E-state index contributed by atoms with van der Waals surface area (Å²) < 4.78 is 10.3. The van der Waals surface area contributed by atoms with Crippen LogP contribution in [0.4, 0.5) is 10.7 Å². The molecule has 2 amide bonds. The maximum atomic E-state index is 12.8. The molecule has 0 saturated carbocycles. The number of thiophene rings is 1. The zero-order chi connectivity index (χ0) is 21.1. The summed E-state index contributed by atoms with van der Waals surface area (Å²) in [5, 5.41) is 3.32. The number of methoxy groups -OCH3 is 1. The summed E-state index contributed by atoms with van der Waals surface area (Å²) in [7, 11) is 1.58. The molecule has 0 spiro atoms. The Balaban J connectivity index is 1.74. The van der Waals surface area contributed by atoms with Crippen molar-refractivity contribution in [1.29, 1.82) is 0 Å². The molecular weight excluding hydrogens is 392 g/mol. The first-order valence-corrected chi connectivity index (χ1v) is 10.2. The fourth-order valence-electron chi connectivity index (χ4n) is 3.27. The Morgan fingerprint density at radius 2 is 1.93 bits per heavy atom. The fourth-order valence-corrected chi connectivity index (χ4v) is 4.32. The van der Waals surface area contributed by atoms with Crippen molar-refractivity contribution in [3.63, 3.8) is 0 Å². The number of rotatable bonds is 6. The molecular formula is C21H24N2O5S. The van der Waals surface area contributed by atoms with E-state index in [0.29, 0.717) is 16.3 Å². The molecule has 7 nitrogen and oxygen atoms in total. The Morgan fingerprint density at radius 3 is 2.55 bits per heavy atom. The number of carbonyl (C=O) groups is 3. The third-order valence-corrected chi connectivity index (χ3v) is 6.10. The number of nitrogens with zero attached hydrogens (tertiary/aromatic N) is 1. The molecule has 1 atom stereocenters. The van der Waals surface area contributed by atoms with Gasteiger partial charge in [0.15, 0.2) is 0 Å². The topological polar surface area (TPSA) is 84.9 Å². The predicted molar refractivity (Wildman–Crippen MR) is 112 cm³/mol. The standard InChI is InChI=1S/C21H24N2O5S/c1-5-28-21(26)18-12(2)13(3)29-20(18)22-19(25)14-10-17(24)23(11-14)15-6-8-16(27-4)9-7-15/h6-9,14H,5,10-11H2,1-4H3,(H,22,25)/t14-/m1/s1. The van der Waals surface area contributed by atoms with Gasteiger partial charge in [0.05, 0.1) is 25.2 Å². The first-order chi connectivity index (χ1) is 13.8. The summed E-state index contributed by atoms with van der Waals surface area (Å²) in [5.41, 5.74) is 1.91. The number of anilines is 2. The lowest BCUT2D eigenvalue weighted by Gasteiger charge is -2.17. The van der Waals surface area contributed by atoms with Gasteiger partial charge in [-0.25, -0.2) is 4.79 Å². The van der Waals surface area contributed by atoms with Crippen molar-refractivity contribution in [3.8, 4) is 5.75 Å². The van der Waals surface area contributed by atoms with Gasteiger partial charge in [0.25, 0.3) is 0 Å². The first-order valence-electron chi connectivity index (χ1n) is 9.38. The third kappa shape index (κ3) is 4.27. The zero-order valence-corrected chi connectivity index (χ0v) is 17.7. The lowest BCUT2D eigenvalue weighted by Crippen LogP contribution is -2.28. The van der Waals surface area contributed by atoms with Crippen molar-refractivity contribution in [2.75, 3.05) is 30.5 Å². The highest BCUT2D eigenvalue weighted by atomic mass is 32.1. The second-order valence-corrected chi connectivity index (χ2v) is 8.03. The van der Waals surface area contributed by atoms with E-state index in [0.717, 1.165) is 16.1 Å². The number of hydrogen-bond acceptors (Lipinski definition) is 6. The van der Waals surface area contributed by atoms with Gasteiger partial charge in [-0.2, -0.15) is 0 Å². The number of hydrogen-bond donors (Lipinski definition) is 1. The first kappa shape index (κ1) is 20.9. The summed E-state index contributed by atoms with van der Waals surface area (Å²) in [6.07, 6.45) is 0.121. The summed E-state index contributed by atoms with van der Waals surface area (Å²) in [5.74, 6) is -0.639. The van der Waals surface area contributed by atoms with Crippen LogP contribution in [-0.4, -0.2) is 38.0 Å². The minimum atomic E-state index is -0.498. The van der Waals surface area contributed by atoms with E-state index in [1.54, 1.807) is 43.2 Å². The number of nitrogens with one attached hydrogen (secondary N) is 1. The van der Waals surface area contributed by atoms with E-state index >= 15 is 0 Å². The molecule has 1 aliphatic rings. The van der Waals surface area contributed by atoms with E-state index in [1.807, 2.05) is 13.8 Å². The highest BCUT2D eigenvalue weighted by Crippen LogP contribution is 2.34. The van der Waals surface area contributed by atoms with Crippen molar-refractivity contribution in [2.45, 2.75) is 27.2 Å². The van der Waals surface area contributed by atoms with Crippen molar-refractivity contribution >= 4 is 39.8 Å². The van der Waals surface area contributed by atoms with E-state index in [9.17, 15) is 14.4 Å². The van der Waals surface area contributed by atoms with Crippen LogP contribution in [0.5, 0.6) is 5.75 Å². The van der Waals surface area contributed by atoms with Crippen molar-refractivity contribution < 1.29 is 23.9 Å². The number of esters is 1. The van der Waals surface area contributed by atoms with Gasteiger partial charge in [0, 0.05) is 23.5 Å². The van der Waals surface area contributed by atoms with Gasteiger partial charge in [-0.05, 0) is 50.6 Å². The molecule has 1 fully saturated rings. The number of benzene rings is 1. The molecule has 0 unspecified atom stereocenters. The number of aryl methyl sites for hydroxylation is 1. The SMILES string of the molecule is CCOC(=O)c1c(NC(=O)[C@@H]2CC(=O)N(c3ccc(OC)cc3)C2)sc(C)c1C. The fraction of sp³-hybridized carbons (Fsp3) is 0.381. The maximum absolute atomic E-state index is 12.8. The van der Waals surface area contributed by atoms with Gasteiger partial charge in [0.1, 0.15) is 10.8 Å². The third-order valence-electron chi connectivity index (χ3n) is 4.98. The van der Waals surface area contributed by atoms with Crippen LogP contribution in [0.3, 0.4) is 0 Å². The van der Waals surface area contributed by atoms with Gasteiger partial charge in [-0.1, -0.05) is 0 Å². The Hall–Kier alpha value is -2.87. The average molecular weight is 416 g/mol. The number of amides is 2. The Kier molecular flexibility index (Phi) is 6.22. The van der Waals surface area contributed by atoms with Crippen LogP contribution in [0.1, 0.15) is 34.1 Å². The second-order valence-electron chi connectivity index (χ2n) is 6.80. The van der Waals surface area contributed by atoms with Crippen LogP contribution in [0.15, 0.2) is 24.3 Å². The van der Waals surface area contributed by atoms with Crippen LogP contribution in [0, 0.1) is 19.8 Å². The van der Waals surface area contributed by atoms with E-state index in [2.05, 4.69) is 5.32 Å². The number of carbonyl (C=O) groups excluding carboxylic acids is 3. The number of ether oxygens (including phenoxy) is 2. The molecule has 1 aromatic carbocycles. The highest BCUT2D eigenvalue weighted by molar-refractivity contribution is 7.16. The minimum absolute atomic E-state index is 0.112. The Bertz CT molecular complexity index is 935. The molecule has 154 valence electrons. The van der Waals surface area contributed by atoms with E-state index in [-0.39, 0.29) is 31.4 Å². The van der Waals surface area contributed by atoms with Gasteiger partial charge in [-0.3, -0.25) is 9.59 Å². The molecule has 1 aromatic heterocycles. The quantitative estimate of drug-likeness (QED) is 0.728. The van der Waals surface area contributed by atoms with Crippen molar-refractivity contribution in [2.24, 2.45) is 5.92 Å². The molecule has 2 heterocycles. The maximum Gasteiger partial charge on any atom is 0.341 e. The van der Waals surface area contributed by atoms with Crippen LogP contribution >= 0.6 is 11.3 Å². The van der Waals surface area contributed by atoms with Crippen molar-refractivity contribution in [3.05, 3.63) is 40.3 Å². The van der Waals surface area contributed by atoms with Gasteiger partial charge in [0.2, 0.25) is 11.8 Å². The lowest BCUT2D eigenvalue weighted by atomic mass is 10.1. The molecule has 1 N–H and O–H groups in total. The monoisotopic (exact) mass is 416 g/mol. The Morgan fingerprint density at radius 1 is 1.24 bits per heavy atom. The molecule has 1 aliphatic heterocycles. The summed E-state index contributed by atoms with van der Waals surface area (Å²) in [6, 6.07) is 7.14. The second kappa shape index (κ2) is 8.65. The predicted octanol–water partition coefficient (Wildman–Crippen LogP) is 3.54. The highest BCUT2D eigenvalue weighted by Gasteiger charge is 2.36. The van der Waals surface area contributed by atoms with Crippen LogP contribution < -0.4 is 15.0 Å². The summed E-state index contributed by atoms with van der Waals surface area (Å²) in [4.78, 5) is 40.1. The average Bonchev–Trinajstić information content (AvgIpc) is 3.22. The van der Waals surface area contributed by atoms with E-state index < -0.39 is 11.9 Å². The van der Waals surface area contributed by atoms with E-state index in [1.165, 1.54) is 11.3 Å². The molecule has 2 aromatic rings. The molecule has 29 heavy (non-hydrogen) atoms. The molecule has 8 heteroatoms. The largest absolute Gasteiger partial charge is 0.497 e. The summed E-state index contributed by atoms with van der Waals surface area (Å²) >= 11 is 1.34. The normalized spacial score (nSPS) is 16.1. The van der Waals surface area contributed by atoms with E-state index in [4.69, 9.17) is 9.47 Å². The lowest BCUT2D eigenvalue weighted by molar-refractivity contribution is -0.122. The van der Waals surface area contributed by atoms with Crippen molar-refractivity contribution in [1.82, 2.24) is 0 Å². The van der Waals surface area contributed by atoms with Gasteiger partial charge < -0.3 is 19.7 Å². The van der Waals surface area contributed by atoms with Crippen LogP contribution in [0.2, 0.25) is 0 Å². The smallest absolute Gasteiger partial charge is 0.341 e. The van der Waals surface area contributed by atoms with Gasteiger partial charge in [-0.15, -0.1) is 11.3 Å².